The third-order valence-corrected chi connectivity index (χ3v) is 6.46. The molecule has 1 heterocycles. The SMILES string of the molecule is CCCCCCCCCCCN1C=C[N+](CC(CC)C(=O)O)(CC(CC)C(=O)O)C1. The fraction of sp³-hybridized carbons (Fsp3) is 0.833. The highest BCUT2D eigenvalue weighted by molar-refractivity contribution is 5.70. The van der Waals surface area contributed by atoms with Gasteiger partial charge in [-0.25, -0.2) is 0 Å². The molecule has 0 aromatic carbocycles. The highest BCUT2D eigenvalue weighted by Gasteiger charge is 2.39. The predicted octanol–water partition coefficient (Wildman–Crippen LogP) is 5.30. The van der Waals surface area contributed by atoms with Crippen molar-refractivity contribution in [2.75, 3.05) is 26.3 Å². The average Bonchev–Trinajstić information content (AvgIpc) is 3.11. The molecule has 0 bridgehead atoms. The van der Waals surface area contributed by atoms with Crippen LogP contribution in [0.5, 0.6) is 0 Å². The summed E-state index contributed by atoms with van der Waals surface area (Å²) in [6, 6.07) is 0. The largest absolute Gasteiger partial charge is 0.481 e. The summed E-state index contributed by atoms with van der Waals surface area (Å²) >= 11 is 0. The fourth-order valence-electron chi connectivity index (χ4n) is 4.42. The van der Waals surface area contributed by atoms with E-state index in [1.54, 1.807) is 0 Å². The molecule has 0 aliphatic carbocycles. The number of carboxylic acid groups (broad SMARTS) is 2. The summed E-state index contributed by atoms with van der Waals surface area (Å²) in [6.07, 6.45) is 16.9. The summed E-state index contributed by atoms with van der Waals surface area (Å²) in [4.78, 5) is 25.5. The summed E-state index contributed by atoms with van der Waals surface area (Å²) in [7, 11) is 0. The van der Waals surface area contributed by atoms with Gasteiger partial charge in [0.1, 0.15) is 18.0 Å². The first-order valence-electron chi connectivity index (χ1n) is 12.1. The lowest BCUT2D eigenvalue weighted by Crippen LogP contribution is -2.52. The fourth-order valence-corrected chi connectivity index (χ4v) is 4.42. The smallest absolute Gasteiger partial charge is 0.312 e. The second-order valence-corrected chi connectivity index (χ2v) is 9.05. The first-order chi connectivity index (χ1) is 14.4. The van der Waals surface area contributed by atoms with Gasteiger partial charge in [-0.15, -0.1) is 0 Å². The molecule has 0 saturated heterocycles. The van der Waals surface area contributed by atoms with Crippen LogP contribution in [-0.2, 0) is 9.59 Å². The Labute approximate surface area is 183 Å². The number of carboxylic acids is 2. The topological polar surface area (TPSA) is 77.8 Å². The third-order valence-electron chi connectivity index (χ3n) is 6.46. The van der Waals surface area contributed by atoms with Crippen molar-refractivity contribution in [3.05, 3.63) is 12.4 Å². The Hall–Kier alpha value is -1.56. The Balaban J connectivity index is 2.51. The molecular weight excluding hydrogens is 380 g/mol. The molecule has 1 rings (SSSR count). The molecule has 1 aliphatic rings. The van der Waals surface area contributed by atoms with E-state index in [-0.39, 0.29) is 0 Å². The molecule has 6 heteroatoms. The van der Waals surface area contributed by atoms with Crippen LogP contribution >= 0.6 is 0 Å². The zero-order chi connectivity index (χ0) is 22.4. The molecule has 0 aromatic heterocycles. The normalized spacial score (nSPS) is 20.4. The van der Waals surface area contributed by atoms with Gasteiger partial charge in [-0.3, -0.25) is 14.1 Å². The molecule has 0 amide bonds. The van der Waals surface area contributed by atoms with E-state index in [2.05, 4.69) is 18.0 Å². The number of carbonyl (C=O) groups is 2. The molecule has 0 aromatic rings. The maximum Gasteiger partial charge on any atom is 0.312 e. The van der Waals surface area contributed by atoms with Crippen molar-refractivity contribution in [1.29, 1.82) is 0 Å². The maximum absolute atomic E-state index is 11.6. The molecule has 1 aliphatic heterocycles. The van der Waals surface area contributed by atoms with Gasteiger partial charge in [0, 0.05) is 6.54 Å². The number of nitrogens with zero attached hydrogens (tertiary/aromatic N) is 2. The lowest BCUT2D eigenvalue weighted by atomic mass is 10.0. The van der Waals surface area contributed by atoms with Crippen molar-refractivity contribution >= 4 is 11.9 Å². The summed E-state index contributed by atoms with van der Waals surface area (Å²) in [5.41, 5.74) is 0. The molecule has 6 nitrogen and oxygen atoms in total. The van der Waals surface area contributed by atoms with Crippen molar-refractivity contribution in [2.24, 2.45) is 11.8 Å². The van der Waals surface area contributed by atoms with E-state index < -0.39 is 23.8 Å². The van der Waals surface area contributed by atoms with E-state index in [4.69, 9.17) is 0 Å². The van der Waals surface area contributed by atoms with Gasteiger partial charge in [0.05, 0.1) is 19.3 Å². The van der Waals surface area contributed by atoms with Gasteiger partial charge < -0.3 is 15.1 Å². The predicted molar refractivity (Wildman–Crippen MR) is 121 cm³/mol. The third kappa shape index (κ3) is 9.50. The summed E-state index contributed by atoms with van der Waals surface area (Å²) in [5, 5.41) is 19.1. The van der Waals surface area contributed by atoms with E-state index in [9.17, 15) is 19.8 Å². The first kappa shape index (κ1) is 26.5. The van der Waals surface area contributed by atoms with Gasteiger partial charge >= 0.3 is 11.9 Å². The van der Waals surface area contributed by atoms with Crippen LogP contribution in [0, 0.1) is 11.8 Å². The standard InChI is InChI=1S/C24H44N2O4/c1-4-7-8-9-10-11-12-13-14-15-25-16-17-26(20-25,18-21(5-2)23(27)28)19-22(6-3)24(29)30/h16-17,21-22H,4-15,18-20H2,1-3H3,(H-,27,28,29,30)/p+1. The van der Waals surface area contributed by atoms with E-state index in [1.807, 2.05) is 20.0 Å². The van der Waals surface area contributed by atoms with E-state index in [0.29, 0.717) is 37.1 Å². The van der Waals surface area contributed by atoms with Crippen LogP contribution in [0.25, 0.3) is 0 Å². The first-order valence-corrected chi connectivity index (χ1v) is 12.1. The van der Waals surface area contributed by atoms with Gasteiger partial charge in [-0.05, 0) is 19.3 Å². The van der Waals surface area contributed by atoms with Crippen LogP contribution in [0.1, 0.15) is 91.4 Å². The molecule has 2 N–H and O–H groups in total. The molecular formula is C24H45N2O4+. The van der Waals surface area contributed by atoms with Crippen LogP contribution in [0.4, 0.5) is 0 Å². The maximum atomic E-state index is 11.6. The van der Waals surface area contributed by atoms with E-state index in [0.717, 1.165) is 13.0 Å². The molecule has 174 valence electrons. The Kier molecular flexibility index (Phi) is 12.7. The number of hydrogen-bond acceptors (Lipinski definition) is 3. The van der Waals surface area contributed by atoms with Crippen LogP contribution in [-0.4, -0.2) is 57.8 Å². The monoisotopic (exact) mass is 425 g/mol. The van der Waals surface area contributed by atoms with Gasteiger partial charge in [-0.2, -0.15) is 0 Å². The van der Waals surface area contributed by atoms with E-state index in [1.165, 1.54) is 51.4 Å². The second kappa shape index (κ2) is 14.4. The Morgan fingerprint density at radius 2 is 1.30 bits per heavy atom. The van der Waals surface area contributed by atoms with Gasteiger partial charge in [-0.1, -0.05) is 72.1 Å². The average molecular weight is 426 g/mol. The summed E-state index contributed by atoms with van der Waals surface area (Å²) in [6.45, 7) is 8.59. The molecule has 0 saturated carbocycles. The van der Waals surface area contributed by atoms with Crippen molar-refractivity contribution in [3.8, 4) is 0 Å². The van der Waals surface area contributed by atoms with Gasteiger partial charge in [0.2, 0.25) is 0 Å². The molecule has 2 unspecified atom stereocenters. The van der Waals surface area contributed by atoms with Crippen LogP contribution in [0.2, 0.25) is 0 Å². The Bertz CT molecular complexity index is 511. The Morgan fingerprint density at radius 3 is 1.73 bits per heavy atom. The number of aliphatic carboxylic acids is 2. The van der Waals surface area contributed by atoms with Crippen molar-refractivity contribution in [2.45, 2.75) is 91.4 Å². The minimum absolute atomic E-state index is 0.438. The molecule has 30 heavy (non-hydrogen) atoms. The van der Waals surface area contributed by atoms with Crippen LogP contribution in [0.3, 0.4) is 0 Å². The summed E-state index contributed by atoms with van der Waals surface area (Å²) < 4.78 is 0.438. The van der Waals surface area contributed by atoms with Gasteiger partial charge in [0.15, 0.2) is 6.67 Å². The summed E-state index contributed by atoms with van der Waals surface area (Å²) in [5.74, 6) is -2.48. The number of hydrogen-bond donors (Lipinski definition) is 2. The lowest BCUT2D eigenvalue weighted by molar-refractivity contribution is -0.886. The minimum atomic E-state index is -0.788. The van der Waals surface area contributed by atoms with Crippen LogP contribution < -0.4 is 0 Å². The van der Waals surface area contributed by atoms with Crippen LogP contribution in [0.15, 0.2) is 12.4 Å². The van der Waals surface area contributed by atoms with Crippen molar-refractivity contribution < 1.29 is 24.3 Å². The molecule has 0 fully saturated rings. The number of rotatable bonds is 18. The number of unbranched alkanes of at least 4 members (excludes halogenated alkanes) is 8. The highest BCUT2D eigenvalue weighted by atomic mass is 16.4. The molecule has 2 atom stereocenters. The van der Waals surface area contributed by atoms with Crippen molar-refractivity contribution in [1.82, 2.24) is 4.90 Å². The zero-order valence-electron chi connectivity index (χ0n) is 19.5. The quantitative estimate of drug-likeness (QED) is 0.230. The van der Waals surface area contributed by atoms with Crippen molar-refractivity contribution in [3.63, 3.8) is 0 Å². The highest BCUT2D eigenvalue weighted by Crippen LogP contribution is 2.26. The van der Waals surface area contributed by atoms with Gasteiger partial charge in [0.25, 0.3) is 0 Å². The van der Waals surface area contributed by atoms with E-state index >= 15 is 0 Å². The zero-order valence-corrected chi connectivity index (χ0v) is 19.5. The second-order valence-electron chi connectivity index (χ2n) is 9.05. The minimum Gasteiger partial charge on any atom is -0.481 e. The molecule has 0 spiro atoms. The number of quaternary nitrogens is 1. The Morgan fingerprint density at radius 1 is 0.833 bits per heavy atom. The lowest BCUT2D eigenvalue weighted by Gasteiger charge is -2.36. The molecule has 0 radical (unpaired) electrons.